The number of aromatic nitrogens is 5. The van der Waals surface area contributed by atoms with E-state index in [-0.39, 0.29) is 24.1 Å². The first-order valence-corrected chi connectivity index (χ1v) is 12.8. The summed E-state index contributed by atoms with van der Waals surface area (Å²) in [5, 5.41) is 23.9. The lowest BCUT2D eigenvalue weighted by molar-refractivity contribution is -0.113. The predicted octanol–water partition coefficient (Wildman–Crippen LogP) is 3.71. The summed E-state index contributed by atoms with van der Waals surface area (Å²) in [5.41, 5.74) is 3.44. The van der Waals surface area contributed by atoms with Crippen LogP contribution >= 0.6 is 23.1 Å². The number of ether oxygens (including phenoxy) is 1. The Bertz CT molecular complexity index is 1400. The number of benzene rings is 2. The van der Waals surface area contributed by atoms with E-state index < -0.39 is 0 Å². The zero-order valence-electron chi connectivity index (χ0n) is 20.2. The first-order valence-electron chi connectivity index (χ1n) is 11.0. The van der Waals surface area contributed by atoms with Crippen LogP contribution in [0.1, 0.15) is 32.3 Å². The van der Waals surface area contributed by atoms with E-state index in [9.17, 15) is 9.59 Å². The number of methoxy groups -OCH3 is 1. The number of hydrogen-bond donors (Lipinski definition) is 2. The molecule has 4 rings (SSSR count). The number of rotatable bonds is 9. The van der Waals surface area contributed by atoms with Gasteiger partial charge in [0.05, 0.1) is 25.1 Å². The van der Waals surface area contributed by atoms with Gasteiger partial charge >= 0.3 is 0 Å². The van der Waals surface area contributed by atoms with Crippen LogP contribution in [-0.2, 0) is 11.3 Å². The van der Waals surface area contributed by atoms with Crippen molar-refractivity contribution in [2.45, 2.75) is 32.5 Å². The molecule has 0 aliphatic rings. The lowest BCUT2D eigenvalue weighted by Gasteiger charge is -2.14. The quantitative estimate of drug-likeness (QED) is 0.318. The molecular weight excluding hydrogens is 498 g/mol. The first-order chi connectivity index (χ1) is 17.3. The number of carbonyl (C=O) groups is 2. The van der Waals surface area contributed by atoms with E-state index in [2.05, 4.69) is 31.0 Å². The number of nitrogens with zero attached hydrogens (tertiary/aromatic N) is 5. The fraction of sp³-hybridized carbons (Fsp3) is 0.250. The zero-order valence-corrected chi connectivity index (χ0v) is 21.9. The summed E-state index contributed by atoms with van der Waals surface area (Å²) >= 11 is 2.56. The van der Waals surface area contributed by atoms with Crippen molar-refractivity contribution < 1.29 is 14.3 Å². The van der Waals surface area contributed by atoms with Crippen molar-refractivity contribution in [2.24, 2.45) is 0 Å². The Morgan fingerprint density at radius 1 is 1.06 bits per heavy atom. The van der Waals surface area contributed by atoms with Gasteiger partial charge < -0.3 is 10.1 Å². The van der Waals surface area contributed by atoms with Gasteiger partial charge in [-0.2, -0.15) is 0 Å². The average Bonchev–Trinajstić information content (AvgIpc) is 3.47. The standard InChI is InChI=1S/C24H25N7O3S2/c1-14-8-9-15(2)19(10-14)31-20(12-25-22(33)17-6-5-7-18(11-17)34-4)28-30-24(31)35-13-21(32)26-23-29-27-16(3)36-23/h5-11H,12-13H2,1-4H3,(H,25,33)(H,26,29,32). The fourth-order valence-corrected chi connectivity index (χ4v) is 4.74. The number of nitrogens with one attached hydrogen (secondary N) is 2. The van der Waals surface area contributed by atoms with Gasteiger partial charge in [0.2, 0.25) is 11.0 Å². The van der Waals surface area contributed by atoms with E-state index in [4.69, 9.17) is 4.74 Å². The zero-order chi connectivity index (χ0) is 25.7. The smallest absolute Gasteiger partial charge is 0.251 e. The molecule has 0 atom stereocenters. The molecule has 2 N–H and O–H groups in total. The fourth-order valence-electron chi connectivity index (χ4n) is 3.37. The second-order valence-corrected chi connectivity index (χ2v) is 10.0. The monoisotopic (exact) mass is 523 g/mol. The molecule has 0 aliphatic carbocycles. The maximum atomic E-state index is 12.8. The highest BCUT2D eigenvalue weighted by atomic mass is 32.2. The van der Waals surface area contributed by atoms with Crippen LogP contribution < -0.4 is 15.4 Å². The van der Waals surface area contributed by atoms with E-state index in [0.29, 0.717) is 27.4 Å². The van der Waals surface area contributed by atoms with Gasteiger partial charge in [-0.1, -0.05) is 41.3 Å². The molecule has 0 bridgehead atoms. The van der Waals surface area contributed by atoms with E-state index in [1.54, 1.807) is 31.4 Å². The van der Waals surface area contributed by atoms with Crippen LogP contribution in [0.25, 0.3) is 5.69 Å². The predicted molar refractivity (Wildman–Crippen MR) is 139 cm³/mol. The molecule has 4 aromatic rings. The van der Waals surface area contributed by atoms with Gasteiger partial charge in [-0.05, 0) is 56.2 Å². The molecule has 0 aliphatic heterocycles. The van der Waals surface area contributed by atoms with E-state index >= 15 is 0 Å². The van der Waals surface area contributed by atoms with Gasteiger partial charge in [0.25, 0.3) is 5.91 Å². The van der Waals surface area contributed by atoms with Crippen LogP contribution in [0.5, 0.6) is 5.75 Å². The molecule has 0 radical (unpaired) electrons. The molecule has 2 aromatic carbocycles. The summed E-state index contributed by atoms with van der Waals surface area (Å²) in [5.74, 6) is 0.770. The largest absolute Gasteiger partial charge is 0.497 e. The number of hydrogen-bond acceptors (Lipinski definition) is 9. The molecule has 0 spiro atoms. The van der Waals surface area contributed by atoms with Crippen molar-refractivity contribution in [3.63, 3.8) is 0 Å². The summed E-state index contributed by atoms with van der Waals surface area (Å²) in [6.07, 6.45) is 0. The molecule has 36 heavy (non-hydrogen) atoms. The summed E-state index contributed by atoms with van der Waals surface area (Å²) in [6, 6.07) is 13.0. The number of aryl methyl sites for hydroxylation is 3. The Kier molecular flexibility index (Phi) is 7.96. The van der Waals surface area contributed by atoms with Crippen LogP contribution in [0.2, 0.25) is 0 Å². The van der Waals surface area contributed by atoms with Crippen LogP contribution in [-0.4, -0.2) is 49.6 Å². The Hall–Kier alpha value is -3.77. The van der Waals surface area contributed by atoms with Gasteiger partial charge in [-0.15, -0.1) is 20.4 Å². The van der Waals surface area contributed by atoms with E-state index in [0.717, 1.165) is 21.8 Å². The minimum Gasteiger partial charge on any atom is -0.497 e. The molecule has 2 aromatic heterocycles. The highest BCUT2D eigenvalue weighted by Crippen LogP contribution is 2.26. The van der Waals surface area contributed by atoms with Crippen LogP contribution in [0, 0.1) is 20.8 Å². The normalized spacial score (nSPS) is 10.8. The molecule has 0 fully saturated rings. The molecular formula is C24H25N7O3S2. The lowest BCUT2D eigenvalue weighted by Crippen LogP contribution is -2.25. The summed E-state index contributed by atoms with van der Waals surface area (Å²) < 4.78 is 7.08. The Balaban J connectivity index is 1.54. The van der Waals surface area contributed by atoms with Gasteiger partial charge in [-0.25, -0.2) is 0 Å². The lowest BCUT2D eigenvalue weighted by atomic mass is 10.1. The van der Waals surface area contributed by atoms with Crippen molar-refractivity contribution in [1.29, 1.82) is 0 Å². The van der Waals surface area contributed by atoms with Crippen LogP contribution in [0.3, 0.4) is 0 Å². The third-order valence-electron chi connectivity index (χ3n) is 5.15. The second kappa shape index (κ2) is 11.3. The van der Waals surface area contributed by atoms with Gasteiger partial charge in [0, 0.05) is 5.56 Å². The van der Waals surface area contributed by atoms with Gasteiger partial charge in [-0.3, -0.25) is 19.5 Å². The number of carbonyl (C=O) groups excluding carboxylic acids is 2. The minimum atomic E-state index is -0.259. The SMILES string of the molecule is COc1cccc(C(=O)NCc2nnc(SCC(=O)Nc3nnc(C)s3)n2-c2cc(C)ccc2C)c1. The topological polar surface area (TPSA) is 124 Å². The van der Waals surface area contributed by atoms with E-state index in [1.165, 1.54) is 23.1 Å². The van der Waals surface area contributed by atoms with Gasteiger partial charge in [0.1, 0.15) is 10.8 Å². The maximum Gasteiger partial charge on any atom is 0.251 e. The Labute approximate surface area is 216 Å². The molecule has 0 saturated heterocycles. The van der Waals surface area contributed by atoms with Crippen molar-refractivity contribution in [3.8, 4) is 11.4 Å². The van der Waals surface area contributed by atoms with Crippen LogP contribution in [0.4, 0.5) is 5.13 Å². The van der Waals surface area contributed by atoms with E-state index in [1.807, 2.05) is 43.5 Å². The Morgan fingerprint density at radius 3 is 2.64 bits per heavy atom. The van der Waals surface area contributed by atoms with Crippen LogP contribution in [0.15, 0.2) is 47.6 Å². The summed E-state index contributed by atoms with van der Waals surface area (Å²) in [6.45, 7) is 5.96. The number of thioether (sulfide) groups is 1. The molecule has 2 heterocycles. The van der Waals surface area contributed by atoms with Gasteiger partial charge in [0.15, 0.2) is 11.0 Å². The summed E-state index contributed by atoms with van der Waals surface area (Å²) in [4.78, 5) is 25.2. The molecule has 10 nitrogen and oxygen atoms in total. The van der Waals surface area contributed by atoms with Crippen molar-refractivity contribution >= 4 is 40.0 Å². The third kappa shape index (κ3) is 6.07. The van der Waals surface area contributed by atoms with Crippen molar-refractivity contribution in [1.82, 2.24) is 30.3 Å². The van der Waals surface area contributed by atoms with Crippen molar-refractivity contribution in [2.75, 3.05) is 18.2 Å². The highest BCUT2D eigenvalue weighted by Gasteiger charge is 2.19. The molecule has 2 amide bonds. The average molecular weight is 524 g/mol. The third-order valence-corrected chi connectivity index (χ3v) is 6.83. The molecule has 12 heteroatoms. The Morgan fingerprint density at radius 2 is 1.89 bits per heavy atom. The van der Waals surface area contributed by atoms with Crippen molar-refractivity contribution in [3.05, 3.63) is 70.0 Å². The number of anilines is 1. The highest BCUT2D eigenvalue weighted by molar-refractivity contribution is 7.99. The molecule has 0 unspecified atom stereocenters. The molecule has 0 saturated carbocycles. The minimum absolute atomic E-state index is 0.109. The first kappa shape index (κ1) is 25.3. The summed E-state index contributed by atoms with van der Waals surface area (Å²) in [7, 11) is 1.55. The second-order valence-electron chi connectivity index (χ2n) is 7.90. The number of amides is 2. The maximum absolute atomic E-state index is 12.8. The molecule has 186 valence electrons.